The van der Waals surface area contributed by atoms with Gasteiger partial charge in [0, 0.05) is 0 Å². The summed E-state index contributed by atoms with van der Waals surface area (Å²) >= 11 is 6.44. The molecule has 2 aromatic rings. The topological polar surface area (TPSA) is 0 Å². The number of alkyl halides is 1. The monoisotopic (exact) mass is 216 g/mol. The fourth-order valence-corrected chi connectivity index (χ4v) is 2.06. The molecule has 0 heterocycles. The lowest BCUT2D eigenvalue weighted by molar-refractivity contribution is 1.11. The van der Waals surface area contributed by atoms with Crippen molar-refractivity contribution in [3.8, 4) is 0 Å². The zero-order chi connectivity index (χ0) is 10.7. The predicted molar refractivity (Wildman–Crippen MR) is 65.3 cm³/mol. The molecule has 0 unspecified atom stereocenters. The molecule has 0 aliphatic heterocycles. The molecule has 15 heavy (non-hydrogen) atoms. The first-order valence-corrected chi connectivity index (χ1v) is 5.47. The predicted octanol–water partition coefficient (Wildman–Crippen LogP) is 4.32. The maximum atomic E-state index is 6.44. The van der Waals surface area contributed by atoms with E-state index in [4.69, 9.17) is 11.6 Å². The summed E-state index contributed by atoms with van der Waals surface area (Å²) in [7, 11) is 0. The minimum atomic E-state index is -0.0487. The third kappa shape index (κ3) is 2.21. The van der Waals surface area contributed by atoms with E-state index < -0.39 is 0 Å². The zero-order valence-corrected chi connectivity index (χ0v) is 9.41. The van der Waals surface area contributed by atoms with E-state index in [1.807, 2.05) is 30.3 Å². The van der Waals surface area contributed by atoms with Gasteiger partial charge in [-0.05, 0) is 23.6 Å². The Bertz CT molecular complexity index is 434. The molecule has 1 heteroatoms. The normalized spacial score (nSPS) is 12.4. The van der Waals surface area contributed by atoms with Crippen molar-refractivity contribution in [2.24, 2.45) is 0 Å². The third-order valence-electron chi connectivity index (χ3n) is 2.55. The minimum absolute atomic E-state index is 0.0487. The van der Waals surface area contributed by atoms with Crippen LogP contribution in [0.3, 0.4) is 0 Å². The summed E-state index contributed by atoms with van der Waals surface area (Å²) in [5.74, 6) is 0. The van der Waals surface area contributed by atoms with Crippen molar-refractivity contribution in [1.29, 1.82) is 0 Å². The van der Waals surface area contributed by atoms with Crippen LogP contribution in [-0.4, -0.2) is 0 Å². The highest BCUT2D eigenvalue weighted by atomic mass is 35.5. The molecule has 0 nitrogen and oxygen atoms in total. The van der Waals surface area contributed by atoms with E-state index in [0.717, 1.165) is 5.56 Å². The summed E-state index contributed by atoms with van der Waals surface area (Å²) in [5, 5.41) is -0.0487. The van der Waals surface area contributed by atoms with Gasteiger partial charge in [-0.1, -0.05) is 54.6 Å². The second-order valence-corrected chi connectivity index (χ2v) is 4.07. The SMILES string of the molecule is Cc1ccccc1[C@@H](Cl)c1ccccc1. The van der Waals surface area contributed by atoms with Crippen LogP contribution in [0.25, 0.3) is 0 Å². The van der Waals surface area contributed by atoms with Gasteiger partial charge in [0.05, 0.1) is 5.38 Å². The van der Waals surface area contributed by atoms with E-state index in [0.29, 0.717) is 0 Å². The average molecular weight is 217 g/mol. The molecule has 0 aromatic heterocycles. The first kappa shape index (κ1) is 10.3. The van der Waals surface area contributed by atoms with E-state index in [-0.39, 0.29) is 5.38 Å². The van der Waals surface area contributed by atoms with Crippen LogP contribution in [0.2, 0.25) is 0 Å². The van der Waals surface area contributed by atoms with E-state index >= 15 is 0 Å². The van der Waals surface area contributed by atoms with Crippen LogP contribution < -0.4 is 0 Å². The Morgan fingerprint density at radius 3 is 2.13 bits per heavy atom. The molecule has 0 aliphatic carbocycles. The Labute approximate surface area is 95.5 Å². The quantitative estimate of drug-likeness (QED) is 0.656. The molecule has 0 N–H and O–H groups in total. The maximum absolute atomic E-state index is 6.44. The highest BCUT2D eigenvalue weighted by Crippen LogP contribution is 2.30. The van der Waals surface area contributed by atoms with Crippen LogP contribution in [-0.2, 0) is 0 Å². The van der Waals surface area contributed by atoms with Gasteiger partial charge < -0.3 is 0 Å². The molecule has 0 fully saturated rings. The van der Waals surface area contributed by atoms with Crippen molar-refractivity contribution in [3.05, 3.63) is 71.3 Å². The highest BCUT2D eigenvalue weighted by Gasteiger charge is 2.11. The number of rotatable bonds is 2. The molecule has 0 aliphatic rings. The van der Waals surface area contributed by atoms with E-state index in [1.165, 1.54) is 11.1 Å². The van der Waals surface area contributed by atoms with Crippen LogP contribution >= 0.6 is 11.6 Å². The highest BCUT2D eigenvalue weighted by molar-refractivity contribution is 6.22. The number of hydrogen-bond acceptors (Lipinski definition) is 0. The molecular formula is C14H13Cl. The lowest BCUT2D eigenvalue weighted by Gasteiger charge is -2.12. The van der Waals surface area contributed by atoms with Crippen LogP contribution in [0.1, 0.15) is 22.1 Å². The molecule has 0 saturated carbocycles. The van der Waals surface area contributed by atoms with Gasteiger partial charge in [-0.2, -0.15) is 0 Å². The number of benzene rings is 2. The molecule has 2 aromatic carbocycles. The molecule has 2 rings (SSSR count). The van der Waals surface area contributed by atoms with Gasteiger partial charge in [0.2, 0.25) is 0 Å². The van der Waals surface area contributed by atoms with Gasteiger partial charge in [0.1, 0.15) is 0 Å². The van der Waals surface area contributed by atoms with E-state index in [2.05, 4.69) is 31.2 Å². The number of aryl methyl sites for hydroxylation is 1. The molecule has 0 bridgehead atoms. The summed E-state index contributed by atoms with van der Waals surface area (Å²) in [6.07, 6.45) is 0. The fourth-order valence-electron chi connectivity index (χ4n) is 1.67. The van der Waals surface area contributed by atoms with Crippen LogP contribution in [0.15, 0.2) is 54.6 Å². The Balaban J connectivity index is 2.37. The largest absolute Gasteiger partial charge is 0.113 e. The fraction of sp³-hybridized carbons (Fsp3) is 0.143. The van der Waals surface area contributed by atoms with Crippen LogP contribution in [0.5, 0.6) is 0 Å². The van der Waals surface area contributed by atoms with Gasteiger partial charge in [-0.15, -0.1) is 11.6 Å². The van der Waals surface area contributed by atoms with E-state index in [9.17, 15) is 0 Å². The molecule has 76 valence electrons. The molecule has 0 radical (unpaired) electrons. The second kappa shape index (κ2) is 4.50. The number of hydrogen-bond donors (Lipinski definition) is 0. The Hall–Kier alpha value is -1.27. The van der Waals surface area contributed by atoms with Crippen molar-refractivity contribution in [2.45, 2.75) is 12.3 Å². The van der Waals surface area contributed by atoms with Crippen LogP contribution in [0.4, 0.5) is 0 Å². The summed E-state index contributed by atoms with van der Waals surface area (Å²) in [6, 6.07) is 18.4. The smallest absolute Gasteiger partial charge is 0.0838 e. The molecule has 0 spiro atoms. The van der Waals surface area contributed by atoms with Crippen molar-refractivity contribution in [2.75, 3.05) is 0 Å². The second-order valence-electron chi connectivity index (χ2n) is 3.63. The van der Waals surface area contributed by atoms with Crippen molar-refractivity contribution < 1.29 is 0 Å². The van der Waals surface area contributed by atoms with Gasteiger partial charge >= 0.3 is 0 Å². The molecule has 0 amide bonds. The van der Waals surface area contributed by atoms with E-state index in [1.54, 1.807) is 0 Å². The van der Waals surface area contributed by atoms with Crippen molar-refractivity contribution >= 4 is 11.6 Å². The van der Waals surface area contributed by atoms with Crippen molar-refractivity contribution in [3.63, 3.8) is 0 Å². The van der Waals surface area contributed by atoms with Gasteiger partial charge in [-0.3, -0.25) is 0 Å². The molecule has 0 saturated heterocycles. The standard InChI is InChI=1S/C14H13Cl/c1-11-7-5-6-10-13(11)14(15)12-8-3-2-4-9-12/h2-10,14H,1H3/t14-/m0/s1. The summed E-state index contributed by atoms with van der Waals surface area (Å²) < 4.78 is 0. The summed E-state index contributed by atoms with van der Waals surface area (Å²) in [4.78, 5) is 0. The van der Waals surface area contributed by atoms with Crippen LogP contribution in [0, 0.1) is 6.92 Å². The summed E-state index contributed by atoms with van der Waals surface area (Å²) in [5.41, 5.74) is 3.57. The van der Waals surface area contributed by atoms with Gasteiger partial charge in [0.15, 0.2) is 0 Å². The Morgan fingerprint density at radius 2 is 1.47 bits per heavy atom. The van der Waals surface area contributed by atoms with Gasteiger partial charge in [-0.25, -0.2) is 0 Å². The third-order valence-corrected chi connectivity index (χ3v) is 3.04. The first-order valence-electron chi connectivity index (χ1n) is 5.03. The first-order chi connectivity index (χ1) is 7.29. The number of halogens is 1. The lowest BCUT2D eigenvalue weighted by atomic mass is 10.0. The average Bonchev–Trinajstić information content (AvgIpc) is 2.30. The molecule has 1 atom stereocenters. The zero-order valence-electron chi connectivity index (χ0n) is 8.65. The maximum Gasteiger partial charge on any atom is 0.0838 e. The Kier molecular flexibility index (Phi) is 3.08. The molecular weight excluding hydrogens is 204 g/mol. The summed E-state index contributed by atoms with van der Waals surface area (Å²) in [6.45, 7) is 2.09. The Morgan fingerprint density at radius 1 is 0.867 bits per heavy atom. The lowest BCUT2D eigenvalue weighted by Crippen LogP contribution is -1.95. The van der Waals surface area contributed by atoms with Crippen molar-refractivity contribution in [1.82, 2.24) is 0 Å². The van der Waals surface area contributed by atoms with Gasteiger partial charge in [0.25, 0.3) is 0 Å². The minimum Gasteiger partial charge on any atom is -0.113 e.